The van der Waals surface area contributed by atoms with Crippen LogP contribution in [0, 0.1) is 5.82 Å². The van der Waals surface area contributed by atoms with Crippen molar-refractivity contribution < 1.29 is 13.9 Å². The molecule has 3 nitrogen and oxygen atoms in total. The molecule has 15 heavy (non-hydrogen) atoms. The van der Waals surface area contributed by atoms with Crippen LogP contribution in [0.2, 0.25) is 0 Å². The Hall–Kier alpha value is -1.39. The van der Waals surface area contributed by atoms with Crippen LogP contribution in [0.25, 0.3) is 11.0 Å². The van der Waals surface area contributed by atoms with Crippen molar-refractivity contribution >= 4 is 11.0 Å². The van der Waals surface area contributed by atoms with Crippen molar-refractivity contribution in [2.75, 3.05) is 6.54 Å². The fourth-order valence-corrected chi connectivity index (χ4v) is 1.38. The van der Waals surface area contributed by atoms with Gasteiger partial charge in [0.05, 0.1) is 0 Å². The molecular formula is C11H12FNO2. The van der Waals surface area contributed by atoms with Gasteiger partial charge in [-0.25, -0.2) is 4.39 Å². The molecule has 0 spiro atoms. The molecule has 1 unspecified atom stereocenters. The zero-order chi connectivity index (χ0) is 11.1. The second-order valence-corrected chi connectivity index (χ2v) is 3.77. The number of hydrogen-bond donors (Lipinski definition) is 2. The molecule has 80 valence electrons. The summed E-state index contributed by atoms with van der Waals surface area (Å²) in [5.74, 6) is 0.0211. The van der Waals surface area contributed by atoms with E-state index in [2.05, 4.69) is 0 Å². The van der Waals surface area contributed by atoms with Gasteiger partial charge < -0.3 is 15.3 Å². The molecule has 1 aromatic carbocycles. The predicted octanol–water partition coefficient (Wildman–Crippen LogP) is 1.74. The normalized spacial score (nSPS) is 15.5. The van der Waals surface area contributed by atoms with E-state index in [-0.39, 0.29) is 12.4 Å². The molecule has 0 aliphatic rings. The number of aliphatic hydroxyl groups is 1. The molecule has 2 rings (SSSR count). The van der Waals surface area contributed by atoms with Gasteiger partial charge in [0, 0.05) is 11.9 Å². The van der Waals surface area contributed by atoms with Gasteiger partial charge >= 0.3 is 0 Å². The first-order valence-corrected chi connectivity index (χ1v) is 4.65. The predicted molar refractivity (Wildman–Crippen MR) is 54.8 cm³/mol. The van der Waals surface area contributed by atoms with Crippen molar-refractivity contribution in [2.24, 2.45) is 5.73 Å². The molecule has 4 heteroatoms. The first-order chi connectivity index (χ1) is 7.03. The number of fused-ring (bicyclic) bond motifs is 1. The fraction of sp³-hybridized carbons (Fsp3) is 0.273. The first kappa shape index (κ1) is 10.1. The average Bonchev–Trinajstić information content (AvgIpc) is 2.61. The van der Waals surface area contributed by atoms with Gasteiger partial charge in [-0.15, -0.1) is 0 Å². The maximum Gasteiger partial charge on any atom is 0.137 e. The Bertz CT molecular complexity index is 490. The smallest absolute Gasteiger partial charge is 0.137 e. The third-order valence-corrected chi connectivity index (χ3v) is 2.41. The summed E-state index contributed by atoms with van der Waals surface area (Å²) in [5, 5.41) is 10.5. The van der Waals surface area contributed by atoms with E-state index in [4.69, 9.17) is 10.2 Å². The van der Waals surface area contributed by atoms with Crippen molar-refractivity contribution in [3.05, 3.63) is 35.8 Å². The molecule has 1 atom stereocenters. The standard InChI is InChI=1S/C11H12FNO2/c1-11(14,6-13)10-5-7-4-8(12)2-3-9(7)15-10/h2-5,14H,6,13H2,1H3. The molecule has 0 fully saturated rings. The third-order valence-electron chi connectivity index (χ3n) is 2.41. The zero-order valence-electron chi connectivity index (χ0n) is 8.33. The van der Waals surface area contributed by atoms with E-state index in [1.54, 1.807) is 13.0 Å². The number of nitrogens with two attached hydrogens (primary N) is 1. The molecule has 3 N–H and O–H groups in total. The maximum absolute atomic E-state index is 12.9. The van der Waals surface area contributed by atoms with Crippen LogP contribution in [0.5, 0.6) is 0 Å². The van der Waals surface area contributed by atoms with Crippen molar-refractivity contribution in [3.8, 4) is 0 Å². The molecule has 0 aliphatic heterocycles. The van der Waals surface area contributed by atoms with E-state index in [0.29, 0.717) is 16.7 Å². The molecule has 1 heterocycles. The third kappa shape index (κ3) is 1.73. The second kappa shape index (κ2) is 3.32. The Balaban J connectivity index is 2.56. The summed E-state index contributed by atoms with van der Waals surface area (Å²) in [6, 6.07) is 5.80. The van der Waals surface area contributed by atoms with Gasteiger partial charge in [0.25, 0.3) is 0 Å². The van der Waals surface area contributed by atoms with Crippen LogP contribution in [0.15, 0.2) is 28.7 Å². The summed E-state index contributed by atoms with van der Waals surface area (Å²) in [6.07, 6.45) is 0. The quantitative estimate of drug-likeness (QED) is 0.792. The maximum atomic E-state index is 12.9. The van der Waals surface area contributed by atoms with Crippen LogP contribution in [-0.4, -0.2) is 11.7 Å². The molecular weight excluding hydrogens is 197 g/mol. The molecule has 0 amide bonds. The zero-order valence-corrected chi connectivity index (χ0v) is 8.33. The number of hydrogen-bond acceptors (Lipinski definition) is 3. The van der Waals surface area contributed by atoms with Gasteiger partial charge in [0.1, 0.15) is 22.8 Å². The number of furan rings is 1. The minimum Gasteiger partial charge on any atom is -0.458 e. The van der Waals surface area contributed by atoms with Crippen LogP contribution >= 0.6 is 0 Å². The van der Waals surface area contributed by atoms with Crippen molar-refractivity contribution in [1.29, 1.82) is 0 Å². The lowest BCUT2D eigenvalue weighted by Crippen LogP contribution is -2.30. The van der Waals surface area contributed by atoms with Crippen LogP contribution in [0.4, 0.5) is 4.39 Å². The Labute approximate surface area is 86.3 Å². The SMILES string of the molecule is CC(O)(CN)c1cc2cc(F)ccc2o1. The van der Waals surface area contributed by atoms with Gasteiger partial charge in [-0.3, -0.25) is 0 Å². The summed E-state index contributed by atoms with van der Waals surface area (Å²) in [6.45, 7) is 1.61. The van der Waals surface area contributed by atoms with Gasteiger partial charge in [-0.2, -0.15) is 0 Å². The summed E-state index contributed by atoms with van der Waals surface area (Å²) in [5.41, 5.74) is 4.73. The van der Waals surface area contributed by atoms with Gasteiger partial charge in [-0.05, 0) is 31.2 Å². The van der Waals surface area contributed by atoms with Crippen LogP contribution in [0.3, 0.4) is 0 Å². The Kier molecular flexibility index (Phi) is 2.25. The van der Waals surface area contributed by atoms with E-state index in [1.807, 2.05) is 0 Å². The van der Waals surface area contributed by atoms with E-state index >= 15 is 0 Å². The van der Waals surface area contributed by atoms with Crippen LogP contribution < -0.4 is 5.73 Å². The van der Waals surface area contributed by atoms with E-state index in [1.165, 1.54) is 18.2 Å². The lowest BCUT2D eigenvalue weighted by atomic mass is 10.0. The second-order valence-electron chi connectivity index (χ2n) is 3.77. The van der Waals surface area contributed by atoms with Crippen molar-refractivity contribution in [2.45, 2.75) is 12.5 Å². The van der Waals surface area contributed by atoms with Gasteiger partial charge in [0.2, 0.25) is 0 Å². The summed E-state index contributed by atoms with van der Waals surface area (Å²) in [4.78, 5) is 0. The molecule has 0 radical (unpaired) electrons. The summed E-state index contributed by atoms with van der Waals surface area (Å²) < 4.78 is 18.3. The van der Waals surface area contributed by atoms with E-state index in [0.717, 1.165) is 0 Å². The van der Waals surface area contributed by atoms with E-state index < -0.39 is 5.60 Å². The Morgan fingerprint density at radius 3 is 2.87 bits per heavy atom. The lowest BCUT2D eigenvalue weighted by Gasteiger charge is -2.17. The number of halogens is 1. The van der Waals surface area contributed by atoms with Crippen LogP contribution in [-0.2, 0) is 5.60 Å². The molecule has 0 saturated heterocycles. The first-order valence-electron chi connectivity index (χ1n) is 4.65. The Morgan fingerprint density at radius 1 is 1.47 bits per heavy atom. The summed E-state index contributed by atoms with van der Waals surface area (Å²) in [7, 11) is 0. The molecule has 0 bridgehead atoms. The Morgan fingerprint density at radius 2 is 2.20 bits per heavy atom. The number of rotatable bonds is 2. The lowest BCUT2D eigenvalue weighted by molar-refractivity contribution is 0.0449. The number of benzene rings is 1. The van der Waals surface area contributed by atoms with Crippen molar-refractivity contribution in [3.63, 3.8) is 0 Å². The molecule has 0 aliphatic carbocycles. The molecule has 1 aromatic heterocycles. The van der Waals surface area contributed by atoms with Crippen LogP contribution in [0.1, 0.15) is 12.7 Å². The van der Waals surface area contributed by atoms with Gasteiger partial charge in [0.15, 0.2) is 0 Å². The largest absolute Gasteiger partial charge is 0.458 e. The topological polar surface area (TPSA) is 59.4 Å². The monoisotopic (exact) mass is 209 g/mol. The highest BCUT2D eigenvalue weighted by molar-refractivity contribution is 5.78. The molecule has 2 aromatic rings. The van der Waals surface area contributed by atoms with E-state index in [9.17, 15) is 9.50 Å². The minimum absolute atomic E-state index is 0.0509. The highest BCUT2D eigenvalue weighted by Crippen LogP contribution is 2.27. The van der Waals surface area contributed by atoms with Crippen molar-refractivity contribution in [1.82, 2.24) is 0 Å². The van der Waals surface area contributed by atoms with Gasteiger partial charge in [-0.1, -0.05) is 0 Å². The highest BCUT2D eigenvalue weighted by Gasteiger charge is 2.25. The highest BCUT2D eigenvalue weighted by atomic mass is 19.1. The fourth-order valence-electron chi connectivity index (χ4n) is 1.38. The minimum atomic E-state index is -1.21. The molecule has 0 saturated carbocycles. The summed E-state index contributed by atoms with van der Waals surface area (Å²) >= 11 is 0. The average molecular weight is 209 g/mol.